The monoisotopic (exact) mass is 238 g/mol. The summed E-state index contributed by atoms with van der Waals surface area (Å²) in [4.78, 5) is 11.7. The van der Waals surface area contributed by atoms with E-state index < -0.39 is 0 Å². The number of hydrogen-bond donors (Lipinski definition) is 0. The lowest BCUT2D eigenvalue weighted by Crippen LogP contribution is -2.37. The lowest BCUT2D eigenvalue weighted by molar-refractivity contribution is -0.187. The van der Waals surface area contributed by atoms with Gasteiger partial charge in [0.05, 0.1) is 13.2 Å². The molecule has 1 aliphatic heterocycles. The van der Waals surface area contributed by atoms with Gasteiger partial charge < -0.3 is 9.47 Å². The molecule has 3 heteroatoms. The molecule has 3 nitrogen and oxygen atoms in total. The molecule has 96 valence electrons. The van der Waals surface area contributed by atoms with Crippen molar-refractivity contribution in [3.8, 4) is 0 Å². The predicted octanol–water partition coefficient (Wildman–Crippen LogP) is 2.85. The summed E-state index contributed by atoms with van der Waals surface area (Å²) in [7, 11) is 0. The van der Waals surface area contributed by atoms with Crippen molar-refractivity contribution in [2.24, 2.45) is 5.92 Å². The molecule has 2 rings (SSSR count). The van der Waals surface area contributed by atoms with Gasteiger partial charge in [-0.05, 0) is 25.2 Å². The van der Waals surface area contributed by atoms with Gasteiger partial charge in [0.2, 0.25) is 0 Å². The third-order valence-electron chi connectivity index (χ3n) is 3.73. The van der Waals surface area contributed by atoms with Gasteiger partial charge in [-0.25, -0.2) is 0 Å². The molecule has 0 aromatic rings. The van der Waals surface area contributed by atoms with Gasteiger partial charge in [-0.1, -0.05) is 6.08 Å². The maximum absolute atomic E-state index is 11.7. The first-order valence-electron chi connectivity index (χ1n) is 6.65. The summed E-state index contributed by atoms with van der Waals surface area (Å²) in [6, 6.07) is 0. The van der Waals surface area contributed by atoms with Crippen LogP contribution in [0.3, 0.4) is 0 Å². The number of Topliss-reactive ketones (excluding diaryl/α,β-unsaturated/α-hetero) is 1. The van der Waals surface area contributed by atoms with Crippen LogP contribution in [0.4, 0.5) is 0 Å². The Kier molecular flexibility index (Phi) is 4.35. The molecule has 2 fully saturated rings. The van der Waals surface area contributed by atoms with Crippen molar-refractivity contribution < 1.29 is 14.3 Å². The summed E-state index contributed by atoms with van der Waals surface area (Å²) in [5.41, 5.74) is 0. The molecular formula is C14H22O3. The smallest absolute Gasteiger partial charge is 0.168 e. The summed E-state index contributed by atoms with van der Waals surface area (Å²) in [6.07, 6.45) is 8.05. The first-order valence-corrected chi connectivity index (χ1v) is 6.65. The Morgan fingerprint density at radius 2 is 2.18 bits per heavy atom. The first kappa shape index (κ1) is 12.8. The fraction of sp³-hybridized carbons (Fsp3) is 0.786. The van der Waals surface area contributed by atoms with E-state index in [0.717, 1.165) is 32.1 Å². The zero-order valence-corrected chi connectivity index (χ0v) is 10.5. The van der Waals surface area contributed by atoms with Crippen molar-refractivity contribution in [2.45, 2.75) is 50.7 Å². The Morgan fingerprint density at radius 1 is 1.41 bits per heavy atom. The standard InChI is InChI=1S/C14H22O3/c1-2-3-6-13(15)10-12-5-4-7-14(11-12)16-8-9-17-14/h2,12H,1,3-11H2/t12-/m1/s1. The second kappa shape index (κ2) is 5.78. The van der Waals surface area contributed by atoms with Gasteiger partial charge in [-0.2, -0.15) is 0 Å². The zero-order chi connectivity index (χ0) is 12.1. The van der Waals surface area contributed by atoms with Crippen LogP contribution in [0, 0.1) is 5.92 Å². The number of carbonyl (C=O) groups excluding carboxylic acids is 1. The molecule has 0 aromatic carbocycles. The van der Waals surface area contributed by atoms with Crippen LogP contribution in [-0.2, 0) is 14.3 Å². The Hall–Kier alpha value is -0.670. The molecule has 2 aliphatic rings. The second-order valence-corrected chi connectivity index (χ2v) is 5.14. The molecule has 0 bridgehead atoms. The van der Waals surface area contributed by atoms with Gasteiger partial charge in [0, 0.05) is 25.7 Å². The Morgan fingerprint density at radius 3 is 2.88 bits per heavy atom. The minimum Gasteiger partial charge on any atom is -0.348 e. The Bertz CT molecular complexity index is 279. The van der Waals surface area contributed by atoms with E-state index in [2.05, 4.69) is 6.58 Å². The van der Waals surface area contributed by atoms with Crippen LogP contribution in [0.2, 0.25) is 0 Å². The largest absolute Gasteiger partial charge is 0.348 e. The van der Waals surface area contributed by atoms with Crippen molar-refractivity contribution >= 4 is 5.78 Å². The number of carbonyl (C=O) groups is 1. The van der Waals surface area contributed by atoms with E-state index in [1.54, 1.807) is 0 Å². The van der Waals surface area contributed by atoms with Crippen molar-refractivity contribution in [2.75, 3.05) is 13.2 Å². The molecule has 0 unspecified atom stereocenters. The molecule has 17 heavy (non-hydrogen) atoms. The molecule has 1 saturated heterocycles. The molecule has 1 heterocycles. The minimum atomic E-state index is -0.346. The third kappa shape index (κ3) is 3.39. The second-order valence-electron chi connectivity index (χ2n) is 5.14. The van der Waals surface area contributed by atoms with E-state index in [0.29, 0.717) is 37.8 Å². The summed E-state index contributed by atoms with van der Waals surface area (Å²) < 4.78 is 11.4. The maximum Gasteiger partial charge on any atom is 0.168 e. The van der Waals surface area contributed by atoms with Crippen LogP contribution in [-0.4, -0.2) is 24.8 Å². The van der Waals surface area contributed by atoms with Crippen molar-refractivity contribution in [1.29, 1.82) is 0 Å². The first-order chi connectivity index (χ1) is 8.24. The highest BCUT2D eigenvalue weighted by atomic mass is 16.7. The molecule has 0 amide bonds. The SMILES string of the molecule is C=CCCC(=O)C[C@H]1CCCC2(C1)OCCO2. The van der Waals surface area contributed by atoms with Crippen LogP contribution in [0.1, 0.15) is 44.9 Å². The minimum absolute atomic E-state index is 0.346. The fourth-order valence-electron chi connectivity index (χ4n) is 2.92. The Balaban J connectivity index is 1.81. The van der Waals surface area contributed by atoms with Gasteiger partial charge in [0.25, 0.3) is 0 Å². The van der Waals surface area contributed by atoms with Gasteiger partial charge in [0.1, 0.15) is 5.78 Å². The van der Waals surface area contributed by atoms with Gasteiger partial charge in [-0.3, -0.25) is 4.79 Å². The highest BCUT2D eigenvalue weighted by Crippen LogP contribution is 2.40. The van der Waals surface area contributed by atoms with Crippen molar-refractivity contribution in [3.05, 3.63) is 12.7 Å². The molecule has 0 aromatic heterocycles. The van der Waals surface area contributed by atoms with Crippen LogP contribution < -0.4 is 0 Å². The van der Waals surface area contributed by atoms with E-state index in [9.17, 15) is 4.79 Å². The van der Waals surface area contributed by atoms with Crippen LogP contribution in [0.15, 0.2) is 12.7 Å². The Labute approximate surface area is 103 Å². The zero-order valence-electron chi connectivity index (χ0n) is 10.5. The van der Waals surface area contributed by atoms with Crippen LogP contribution in [0.25, 0.3) is 0 Å². The molecule has 0 N–H and O–H groups in total. The summed E-state index contributed by atoms with van der Waals surface area (Å²) in [5, 5.41) is 0. The number of ketones is 1. The highest BCUT2D eigenvalue weighted by molar-refractivity contribution is 5.78. The lowest BCUT2D eigenvalue weighted by Gasteiger charge is -2.36. The molecule has 1 atom stereocenters. The van der Waals surface area contributed by atoms with E-state index in [-0.39, 0.29) is 5.79 Å². The summed E-state index contributed by atoms with van der Waals surface area (Å²) in [6.45, 7) is 5.06. The van der Waals surface area contributed by atoms with Gasteiger partial charge >= 0.3 is 0 Å². The molecule has 1 spiro atoms. The third-order valence-corrected chi connectivity index (χ3v) is 3.73. The van der Waals surface area contributed by atoms with E-state index in [1.807, 2.05) is 6.08 Å². The fourth-order valence-corrected chi connectivity index (χ4v) is 2.92. The van der Waals surface area contributed by atoms with E-state index >= 15 is 0 Å². The number of hydrogen-bond acceptors (Lipinski definition) is 3. The molecule has 1 aliphatic carbocycles. The van der Waals surface area contributed by atoms with Crippen molar-refractivity contribution in [3.63, 3.8) is 0 Å². The van der Waals surface area contributed by atoms with Crippen LogP contribution in [0.5, 0.6) is 0 Å². The number of rotatable bonds is 5. The molecule has 1 saturated carbocycles. The summed E-state index contributed by atoms with van der Waals surface area (Å²) >= 11 is 0. The van der Waals surface area contributed by atoms with Gasteiger partial charge in [-0.15, -0.1) is 6.58 Å². The lowest BCUT2D eigenvalue weighted by atomic mass is 9.81. The average molecular weight is 238 g/mol. The van der Waals surface area contributed by atoms with Crippen molar-refractivity contribution in [1.82, 2.24) is 0 Å². The number of allylic oxidation sites excluding steroid dienone is 1. The van der Waals surface area contributed by atoms with E-state index in [1.165, 1.54) is 0 Å². The van der Waals surface area contributed by atoms with Gasteiger partial charge in [0.15, 0.2) is 5.79 Å². The molecule has 0 radical (unpaired) electrons. The van der Waals surface area contributed by atoms with Crippen LogP contribution >= 0.6 is 0 Å². The number of ether oxygens (including phenoxy) is 2. The topological polar surface area (TPSA) is 35.5 Å². The summed E-state index contributed by atoms with van der Waals surface area (Å²) in [5.74, 6) is 0.450. The predicted molar refractivity (Wildman–Crippen MR) is 65.6 cm³/mol. The quantitative estimate of drug-likeness (QED) is 0.691. The average Bonchev–Trinajstić information content (AvgIpc) is 2.74. The highest BCUT2D eigenvalue weighted by Gasteiger charge is 2.41. The van der Waals surface area contributed by atoms with E-state index in [4.69, 9.17) is 9.47 Å². The maximum atomic E-state index is 11.7. The normalized spacial score (nSPS) is 27.2. The molecular weight excluding hydrogens is 216 g/mol.